The molecule has 0 spiro atoms. The number of rotatable bonds is 3. The fourth-order valence-electron chi connectivity index (χ4n) is 1.96. The number of hydrogen-bond acceptors (Lipinski definition) is 6. The summed E-state index contributed by atoms with van der Waals surface area (Å²) in [6.45, 7) is -0.263. The summed E-state index contributed by atoms with van der Waals surface area (Å²) >= 11 is 5.27. The predicted octanol–water partition coefficient (Wildman–Crippen LogP) is 0.245. The molecular weight excluding hydrogens is 445 g/mol. The van der Waals surface area contributed by atoms with Crippen LogP contribution in [0.3, 0.4) is 0 Å². The number of halogens is 2. The lowest BCUT2D eigenvalue weighted by molar-refractivity contribution is -0.0529. The maximum absolute atomic E-state index is 11.9. The van der Waals surface area contributed by atoms with Crippen LogP contribution in [0.4, 0.5) is 5.82 Å². The van der Waals surface area contributed by atoms with Crippen LogP contribution in [0.5, 0.6) is 0 Å². The lowest BCUT2D eigenvalue weighted by atomic mass is 10.2. The Bertz CT molecular complexity index is 579. The number of hydrogen-bond donors (Lipinski definition) is 3. The van der Waals surface area contributed by atoms with Gasteiger partial charge in [0.1, 0.15) is 11.9 Å². The van der Waals surface area contributed by atoms with Gasteiger partial charge in [-0.1, -0.05) is 38.5 Å². The Morgan fingerprint density at radius 3 is 2.90 bits per heavy atom. The molecule has 1 aliphatic rings. The van der Waals surface area contributed by atoms with Gasteiger partial charge in [-0.05, 0) is 10.2 Å². The maximum atomic E-state index is 11.9. The lowest BCUT2D eigenvalue weighted by Gasteiger charge is -2.18. The minimum Gasteiger partial charge on any atom is -0.394 e. The van der Waals surface area contributed by atoms with E-state index in [9.17, 15) is 9.90 Å². The van der Waals surface area contributed by atoms with E-state index in [2.05, 4.69) is 20.9 Å². The van der Waals surface area contributed by atoms with Gasteiger partial charge in [0.25, 0.3) is 0 Å². The van der Waals surface area contributed by atoms with Gasteiger partial charge < -0.3 is 20.7 Å². The highest BCUT2D eigenvalue weighted by Crippen LogP contribution is 2.33. The summed E-state index contributed by atoms with van der Waals surface area (Å²) in [5.41, 5.74) is 5.59. The second-order valence-corrected chi connectivity index (χ2v) is 6.02. The highest BCUT2D eigenvalue weighted by atomic mass is 127. The Hall–Kier alpha value is -0.490. The predicted molar refractivity (Wildman–Crippen MR) is 85.7 cm³/mol. The van der Waals surface area contributed by atoms with Crippen LogP contribution in [-0.2, 0) is 4.74 Å². The van der Waals surface area contributed by atoms with Gasteiger partial charge in [0.15, 0.2) is 6.23 Å². The van der Waals surface area contributed by atoms with E-state index in [0.29, 0.717) is 5.56 Å². The van der Waals surface area contributed by atoms with Crippen LogP contribution in [0.2, 0.25) is 0 Å². The van der Waals surface area contributed by atoms with E-state index < -0.39 is 29.0 Å². The second kappa shape index (κ2) is 6.52. The number of nitrogens with two attached hydrogens (primary N) is 1. The summed E-state index contributed by atoms with van der Waals surface area (Å²) in [5, 5.41) is 19.3. The van der Waals surface area contributed by atoms with Crippen molar-refractivity contribution in [3.8, 4) is 0 Å². The van der Waals surface area contributed by atoms with E-state index >= 15 is 0 Å². The molecule has 0 amide bonds. The summed E-state index contributed by atoms with van der Waals surface area (Å²) in [4.78, 5) is 15.1. The number of ether oxygens (including phenoxy) is 1. The number of aromatic nitrogens is 2. The first-order valence-electron chi connectivity index (χ1n) is 5.73. The van der Waals surface area contributed by atoms with Crippen molar-refractivity contribution in [1.82, 2.24) is 9.55 Å². The molecule has 1 aromatic rings. The number of nitrogens with zero attached hydrogens (tertiary/aromatic N) is 2. The topological polar surface area (TPSA) is 111 Å². The van der Waals surface area contributed by atoms with Gasteiger partial charge in [0, 0.05) is 11.8 Å². The molecule has 4 N–H and O–H groups in total. The molecule has 2 rings (SSSR count). The first-order chi connectivity index (χ1) is 9.49. The number of nitrogen functional groups attached to an aromatic ring is 1. The van der Waals surface area contributed by atoms with Crippen molar-refractivity contribution in [1.29, 1.82) is 0 Å². The Labute approximate surface area is 136 Å². The average Bonchev–Trinajstić information content (AvgIpc) is 2.70. The van der Waals surface area contributed by atoms with Crippen LogP contribution in [0.25, 0.3) is 6.08 Å². The van der Waals surface area contributed by atoms with E-state index in [1.165, 1.54) is 10.8 Å². The third-order valence-electron chi connectivity index (χ3n) is 3.00. The SMILES string of the molecule is Nc1nc(=O)n([C@@H]2O[C@H](CO)[C@H](Br)[C@H]2O)cc1/C=C/I. The van der Waals surface area contributed by atoms with E-state index in [-0.39, 0.29) is 12.4 Å². The first-order valence-corrected chi connectivity index (χ1v) is 7.89. The van der Waals surface area contributed by atoms with E-state index in [1.54, 1.807) is 10.2 Å². The number of alkyl halides is 1. The molecule has 0 bridgehead atoms. The molecule has 1 aromatic heterocycles. The summed E-state index contributed by atoms with van der Waals surface area (Å²) in [5.74, 6) is 0.112. The largest absolute Gasteiger partial charge is 0.394 e. The van der Waals surface area contributed by atoms with Crippen LogP contribution in [0.15, 0.2) is 15.1 Å². The summed E-state index contributed by atoms with van der Waals surface area (Å²) in [6, 6.07) is 0. The van der Waals surface area contributed by atoms with E-state index in [0.717, 1.165) is 0 Å². The van der Waals surface area contributed by atoms with Gasteiger partial charge in [-0.3, -0.25) is 4.57 Å². The Balaban J connectivity index is 2.43. The third-order valence-corrected chi connectivity index (χ3v) is 4.49. The molecule has 1 fully saturated rings. The lowest BCUT2D eigenvalue weighted by Crippen LogP contribution is -2.34. The van der Waals surface area contributed by atoms with Crippen LogP contribution in [-0.4, -0.2) is 43.4 Å². The fourth-order valence-corrected chi connectivity index (χ4v) is 2.90. The monoisotopic (exact) mass is 457 g/mol. The minimum atomic E-state index is -0.980. The van der Waals surface area contributed by atoms with E-state index in [1.807, 2.05) is 22.6 Å². The number of aliphatic hydroxyl groups is 2. The zero-order chi connectivity index (χ0) is 14.9. The zero-order valence-corrected chi connectivity index (χ0v) is 13.9. The Morgan fingerprint density at radius 1 is 1.65 bits per heavy atom. The molecule has 0 unspecified atom stereocenters. The van der Waals surface area contributed by atoms with Gasteiger partial charge in [-0.2, -0.15) is 4.98 Å². The molecule has 0 radical (unpaired) electrons. The molecule has 0 aromatic carbocycles. The van der Waals surface area contributed by atoms with Gasteiger partial charge in [0.05, 0.1) is 17.5 Å². The molecule has 2 heterocycles. The van der Waals surface area contributed by atoms with Crippen molar-refractivity contribution in [3.63, 3.8) is 0 Å². The Morgan fingerprint density at radius 2 is 2.35 bits per heavy atom. The van der Waals surface area contributed by atoms with Gasteiger partial charge in [-0.15, -0.1) is 0 Å². The normalized spacial score (nSPS) is 30.2. The zero-order valence-electron chi connectivity index (χ0n) is 10.2. The molecular formula is C11H13BrIN3O4. The van der Waals surface area contributed by atoms with Crippen molar-refractivity contribution in [2.24, 2.45) is 0 Å². The van der Waals surface area contributed by atoms with Crippen molar-refractivity contribution >= 4 is 50.4 Å². The van der Waals surface area contributed by atoms with Gasteiger partial charge >= 0.3 is 5.69 Å². The Kier molecular flexibility index (Phi) is 5.18. The molecule has 0 aliphatic carbocycles. The van der Waals surface area contributed by atoms with Crippen LogP contribution < -0.4 is 11.4 Å². The number of aliphatic hydroxyl groups excluding tert-OH is 2. The standard InChI is InChI=1S/C11H13BrIN3O4/c12-7-6(4-17)20-10(8(7)18)16-3-5(1-2-13)9(14)15-11(16)19/h1-3,6-8,10,17-18H,4H2,(H2,14,15,19)/b2-1+/t6-,7+,8-,10-/m1/s1. The van der Waals surface area contributed by atoms with Crippen LogP contribution >= 0.6 is 38.5 Å². The van der Waals surface area contributed by atoms with Crippen molar-refractivity contribution in [3.05, 3.63) is 26.3 Å². The highest BCUT2D eigenvalue weighted by Gasteiger charge is 2.43. The van der Waals surface area contributed by atoms with Crippen molar-refractivity contribution in [2.45, 2.75) is 23.3 Å². The fraction of sp³-hybridized carbons (Fsp3) is 0.455. The summed E-state index contributed by atoms with van der Waals surface area (Å²) < 4.78 is 8.39. The molecule has 0 saturated carbocycles. The van der Waals surface area contributed by atoms with Crippen LogP contribution in [0.1, 0.15) is 11.8 Å². The molecule has 110 valence electrons. The molecule has 1 saturated heterocycles. The third kappa shape index (κ3) is 2.91. The molecule has 20 heavy (non-hydrogen) atoms. The highest BCUT2D eigenvalue weighted by molar-refractivity contribution is 14.1. The summed E-state index contributed by atoms with van der Waals surface area (Å²) in [7, 11) is 0. The first kappa shape index (κ1) is 15.9. The van der Waals surface area contributed by atoms with Crippen molar-refractivity contribution in [2.75, 3.05) is 12.3 Å². The summed E-state index contributed by atoms with van der Waals surface area (Å²) in [6.07, 6.45) is 0.677. The average molecular weight is 458 g/mol. The smallest absolute Gasteiger partial charge is 0.351 e. The number of anilines is 1. The van der Waals surface area contributed by atoms with E-state index in [4.69, 9.17) is 15.6 Å². The van der Waals surface area contributed by atoms with Gasteiger partial charge in [0.2, 0.25) is 0 Å². The molecule has 1 aliphatic heterocycles. The molecule has 9 heteroatoms. The second-order valence-electron chi connectivity index (χ2n) is 4.25. The van der Waals surface area contributed by atoms with Crippen molar-refractivity contribution < 1.29 is 14.9 Å². The van der Waals surface area contributed by atoms with Gasteiger partial charge in [-0.25, -0.2) is 4.79 Å². The minimum absolute atomic E-state index is 0.112. The van der Waals surface area contributed by atoms with Crippen LogP contribution in [0, 0.1) is 0 Å². The maximum Gasteiger partial charge on any atom is 0.351 e. The molecule has 7 nitrogen and oxygen atoms in total. The quantitative estimate of drug-likeness (QED) is 0.443. The molecule has 4 atom stereocenters.